The number of para-hydroxylation sites is 2. The maximum absolute atomic E-state index is 3.24. The van der Waals surface area contributed by atoms with Crippen LogP contribution in [0.4, 0.5) is 0 Å². The topological polar surface area (TPSA) is 9.86 Å². The van der Waals surface area contributed by atoms with Gasteiger partial charge >= 0.3 is 0 Å². The molecule has 2 nitrogen and oxygen atoms in total. The molecule has 0 amide bonds. The molecule has 0 fully saturated rings. The summed E-state index contributed by atoms with van der Waals surface area (Å²) in [5.74, 6) is 0. The van der Waals surface area contributed by atoms with Crippen molar-refractivity contribution in [3.63, 3.8) is 0 Å². The summed E-state index contributed by atoms with van der Waals surface area (Å²) in [7, 11) is 4.25. The Labute approximate surface area is 760 Å². The van der Waals surface area contributed by atoms with Crippen LogP contribution >= 0.6 is 0 Å². The summed E-state index contributed by atoms with van der Waals surface area (Å²) in [5, 5.41) is 16.2. The van der Waals surface area contributed by atoms with Crippen molar-refractivity contribution in [3.05, 3.63) is 335 Å². The van der Waals surface area contributed by atoms with Gasteiger partial charge in [-0.3, -0.25) is 0 Å². The Morgan fingerprint density at radius 1 is 0.190 bits per heavy atom. The Balaban J connectivity index is -0.000000614. The van der Waals surface area contributed by atoms with E-state index in [-0.39, 0.29) is 65.4 Å². The predicted octanol–water partition coefficient (Wildman–Crippen LogP) is 36.0. The molecule has 0 saturated heterocycles. The van der Waals surface area contributed by atoms with Crippen molar-refractivity contribution in [1.82, 2.24) is 9.13 Å². The SMILES string of the molecule is CC.CC.CC.CC.CC.CC.CC.CC.CC.CC.CC.CC.Cc1c[c-]c(-c2[c-]cc(C)cc2)cc1.Cc1cc[c-]c(-c2[c-]ccc(C)c2)c1.Cc1ccc2c(c1)c1ccccc1n2C.Cc1ccc2c(ccc3cc(C)ccc32)c1.Cc1ccc2c3ccccc3n(C)c2c1.Cc1ccc2cc(C)c3ccccc3c2c1.[Y].[Y]. The molecule has 4 heteroatoms. The fourth-order valence-corrected chi connectivity index (χ4v) is 12.1. The van der Waals surface area contributed by atoms with Crippen LogP contribution in [-0.2, 0) is 79.5 Å². The van der Waals surface area contributed by atoms with Crippen molar-refractivity contribution in [2.75, 3.05) is 0 Å². The molecule has 14 aromatic carbocycles. The number of aryl methyl sites for hydroxylation is 12. The quantitative estimate of drug-likeness (QED) is 0.121. The van der Waals surface area contributed by atoms with Gasteiger partial charge in [-0.25, -0.2) is 22.3 Å². The maximum atomic E-state index is 3.24. The van der Waals surface area contributed by atoms with Crippen LogP contribution in [-0.4, -0.2) is 9.13 Å². The maximum Gasteiger partial charge on any atom is 0.0491 e. The molecule has 2 heterocycles. The van der Waals surface area contributed by atoms with E-state index >= 15 is 0 Å². The Hall–Kier alpha value is -8.07. The molecular weight excluding hydrogens is 1550 g/mol. The first-order valence-electron chi connectivity index (χ1n) is 43.2. The third kappa shape index (κ3) is 34.9. The first-order valence-corrected chi connectivity index (χ1v) is 43.2. The Morgan fingerprint density at radius 2 is 0.474 bits per heavy atom. The normalized spacial score (nSPS) is 9.07. The molecular formula is C112H150N2Y2-4. The number of aromatic nitrogens is 2. The Kier molecular flexibility index (Phi) is 65.9. The molecule has 16 rings (SSSR count). The first-order chi connectivity index (χ1) is 55.5. The molecule has 0 aliphatic heterocycles. The van der Waals surface area contributed by atoms with Gasteiger partial charge < -0.3 is 9.13 Å². The average molecular weight is 1700 g/mol. The van der Waals surface area contributed by atoms with Crippen LogP contribution < -0.4 is 0 Å². The van der Waals surface area contributed by atoms with E-state index in [1.807, 2.05) is 190 Å². The molecule has 16 aromatic rings. The van der Waals surface area contributed by atoms with Gasteiger partial charge in [-0.2, -0.15) is 84.9 Å². The minimum atomic E-state index is 0. The van der Waals surface area contributed by atoms with Gasteiger partial charge in [0.2, 0.25) is 0 Å². The smallest absolute Gasteiger partial charge is 0.0491 e. The number of hydrogen-bond donors (Lipinski definition) is 0. The zero-order valence-corrected chi connectivity index (χ0v) is 85.0. The molecule has 116 heavy (non-hydrogen) atoms. The van der Waals surface area contributed by atoms with E-state index < -0.39 is 0 Å². The minimum Gasteiger partial charge on any atom is -0.344 e. The van der Waals surface area contributed by atoms with E-state index in [1.165, 1.54) is 142 Å². The predicted molar refractivity (Wildman–Crippen MR) is 526 cm³/mol. The number of rotatable bonds is 2. The van der Waals surface area contributed by atoms with E-state index in [0.29, 0.717) is 0 Å². The van der Waals surface area contributed by atoms with E-state index in [0.717, 1.165) is 22.3 Å². The molecule has 618 valence electrons. The van der Waals surface area contributed by atoms with Crippen molar-refractivity contribution in [2.24, 2.45) is 14.1 Å². The Morgan fingerprint density at radius 3 is 0.879 bits per heavy atom. The van der Waals surface area contributed by atoms with Gasteiger partial charge in [-0.15, -0.1) is 34.4 Å². The number of nitrogens with zero attached hydrogens (tertiary/aromatic N) is 2. The first kappa shape index (κ1) is 114. The summed E-state index contributed by atoms with van der Waals surface area (Å²) < 4.78 is 4.52. The van der Waals surface area contributed by atoms with Gasteiger partial charge in [0.25, 0.3) is 0 Å². The zero-order chi connectivity index (χ0) is 87.0. The molecule has 0 N–H and O–H groups in total. The van der Waals surface area contributed by atoms with Crippen molar-refractivity contribution in [2.45, 2.75) is 235 Å². The van der Waals surface area contributed by atoms with Crippen molar-refractivity contribution < 1.29 is 65.4 Å². The number of benzene rings is 14. The average Bonchev–Trinajstić information content (AvgIpc) is 1.58. The van der Waals surface area contributed by atoms with Crippen molar-refractivity contribution in [3.8, 4) is 22.3 Å². The second kappa shape index (κ2) is 66.9. The number of fused-ring (bicyclic) bond motifs is 12. The fraction of sp³-hybridized carbons (Fsp3) is 0.321. The molecule has 0 atom stereocenters. The van der Waals surface area contributed by atoms with E-state index in [2.05, 4.69) is 347 Å². The van der Waals surface area contributed by atoms with Crippen molar-refractivity contribution >= 4 is 86.7 Å². The zero-order valence-electron chi connectivity index (χ0n) is 79.3. The van der Waals surface area contributed by atoms with Crippen LogP contribution in [0.15, 0.2) is 255 Å². The third-order valence-corrected chi connectivity index (χ3v) is 16.9. The van der Waals surface area contributed by atoms with Gasteiger partial charge in [0.05, 0.1) is 0 Å². The minimum absolute atomic E-state index is 0. The van der Waals surface area contributed by atoms with E-state index in [1.54, 1.807) is 0 Å². The van der Waals surface area contributed by atoms with Gasteiger partial charge in [-0.1, -0.05) is 368 Å². The Bertz CT molecular complexity index is 5050. The summed E-state index contributed by atoms with van der Waals surface area (Å²) in [5.41, 5.74) is 22.6. The monoisotopic (exact) mass is 1700 g/mol. The van der Waals surface area contributed by atoms with Gasteiger partial charge in [0.1, 0.15) is 0 Å². The molecule has 0 bridgehead atoms. The van der Waals surface area contributed by atoms with Gasteiger partial charge in [0, 0.05) is 123 Å². The summed E-state index contributed by atoms with van der Waals surface area (Å²) in [6.07, 6.45) is 0. The van der Waals surface area contributed by atoms with Crippen LogP contribution in [0, 0.1) is 93.5 Å². The summed E-state index contributed by atoms with van der Waals surface area (Å²) in [6.45, 7) is 69.2. The molecule has 0 aliphatic rings. The van der Waals surface area contributed by atoms with Crippen LogP contribution in [0.3, 0.4) is 0 Å². The number of hydrogen-bond acceptors (Lipinski definition) is 0. The standard InChI is InChI=1S/2C16H14.2C14H13N.2C14H12.12C2H6.2Y/c1-11-3-7-15-13(9-11)5-6-14-10-12(2)4-8-16(14)15;1-11-7-8-13-10-12(2)14-5-3-4-6-15(14)16(13)9-11;1-10-7-8-14-12(9-10)11-5-3-4-6-13(11)15(14)2;1-10-7-8-12-11-5-3-4-6-13(11)15(2)14(12)9-10;1-11-3-7-13(8-4-11)14-9-5-12(2)6-10-14;1-11-5-3-7-13(9-11)14-8-4-6-12(2)10-14;12*1-2;;/h2*3-10H,1-2H3;2*3-9H,1-2H3;3-7,9H,1-2H3;3-6,9-10H,1-2H3;12*1-2H3;;/q;;;;2*-2;;;;;;;;;;;;;;. The van der Waals surface area contributed by atoms with E-state index in [4.69, 9.17) is 0 Å². The molecule has 2 aromatic heterocycles. The second-order valence-corrected chi connectivity index (χ2v) is 24.3. The molecule has 2 radical (unpaired) electrons. The second-order valence-electron chi connectivity index (χ2n) is 24.3. The van der Waals surface area contributed by atoms with Gasteiger partial charge in [-0.05, 0) is 126 Å². The molecule has 0 spiro atoms. The molecule has 0 unspecified atom stereocenters. The van der Waals surface area contributed by atoms with Crippen LogP contribution in [0.1, 0.15) is 222 Å². The van der Waals surface area contributed by atoms with E-state index in [9.17, 15) is 0 Å². The van der Waals surface area contributed by atoms with Crippen LogP contribution in [0.25, 0.3) is 109 Å². The van der Waals surface area contributed by atoms with Gasteiger partial charge in [0.15, 0.2) is 0 Å². The van der Waals surface area contributed by atoms with Crippen LogP contribution in [0.5, 0.6) is 0 Å². The summed E-state index contributed by atoms with van der Waals surface area (Å²) in [6, 6.07) is 103. The summed E-state index contributed by atoms with van der Waals surface area (Å²) in [4.78, 5) is 0. The van der Waals surface area contributed by atoms with Crippen LogP contribution in [0.2, 0.25) is 0 Å². The van der Waals surface area contributed by atoms with Crippen molar-refractivity contribution in [1.29, 1.82) is 0 Å². The summed E-state index contributed by atoms with van der Waals surface area (Å²) >= 11 is 0. The molecule has 0 saturated carbocycles. The third-order valence-electron chi connectivity index (χ3n) is 16.9. The fourth-order valence-electron chi connectivity index (χ4n) is 12.1. The molecule has 0 aliphatic carbocycles. The largest absolute Gasteiger partial charge is 0.344 e.